The van der Waals surface area contributed by atoms with Gasteiger partial charge in [0.1, 0.15) is 0 Å². The van der Waals surface area contributed by atoms with Crippen LogP contribution >= 0.6 is 0 Å². The Labute approximate surface area is 172 Å². The number of fused-ring (bicyclic) bond motifs is 5. The molecule has 4 saturated carbocycles. The highest BCUT2D eigenvalue weighted by molar-refractivity contribution is 5.69. The molecule has 160 valence electrons. The standard InChI is InChI=1S/C25H42O3/c1-16(5-10-23(27)28-4)20-8-9-21-19-7-6-17-15-18(26)11-13-24(17,2)22(19)12-14-25(20,21)3/h16-22,26H,5-15H2,1-4H3/t16-,17?,18+,19+,20-,21+,22+,24+,25-/m1/s1. The Bertz CT molecular complexity index is 588. The Morgan fingerprint density at radius 3 is 2.50 bits per heavy atom. The number of hydrogen-bond acceptors (Lipinski definition) is 3. The van der Waals surface area contributed by atoms with Gasteiger partial charge in [0.25, 0.3) is 0 Å². The summed E-state index contributed by atoms with van der Waals surface area (Å²) in [5, 5.41) is 10.2. The van der Waals surface area contributed by atoms with Crippen LogP contribution in [0.4, 0.5) is 0 Å². The predicted molar refractivity (Wildman–Crippen MR) is 112 cm³/mol. The van der Waals surface area contributed by atoms with Crippen LogP contribution in [0.25, 0.3) is 0 Å². The first-order valence-corrected chi connectivity index (χ1v) is 12.0. The van der Waals surface area contributed by atoms with Gasteiger partial charge < -0.3 is 9.84 Å². The molecular formula is C25H42O3. The molecule has 0 aromatic rings. The molecule has 0 heterocycles. The second-order valence-electron chi connectivity index (χ2n) is 11.4. The normalized spacial score (nSPS) is 48.9. The average Bonchev–Trinajstić information content (AvgIpc) is 3.03. The van der Waals surface area contributed by atoms with E-state index in [1.54, 1.807) is 0 Å². The molecule has 4 fully saturated rings. The number of esters is 1. The number of hydrogen-bond donors (Lipinski definition) is 1. The van der Waals surface area contributed by atoms with Crippen LogP contribution in [-0.2, 0) is 9.53 Å². The summed E-state index contributed by atoms with van der Waals surface area (Å²) in [5.74, 6) is 4.72. The molecule has 0 bridgehead atoms. The lowest BCUT2D eigenvalue weighted by Crippen LogP contribution is -2.54. The fourth-order valence-corrected chi connectivity index (χ4v) is 8.86. The molecule has 3 heteroatoms. The highest BCUT2D eigenvalue weighted by Gasteiger charge is 2.60. The van der Waals surface area contributed by atoms with Crippen LogP contribution in [0.1, 0.15) is 91.4 Å². The third-order valence-electron chi connectivity index (χ3n) is 10.4. The van der Waals surface area contributed by atoms with Crippen molar-refractivity contribution in [1.82, 2.24) is 0 Å². The zero-order valence-corrected chi connectivity index (χ0v) is 18.6. The Kier molecular flexibility index (Phi) is 5.61. The monoisotopic (exact) mass is 390 g/mol. The predicted octanol–water partition coefficient (Wildman–Crippen LogP) is 5.60. The Morgan fingerprint density at radius 1 is 1.04 bits per heavy atom. The van der Waals surface area contributed by atoms with E-state index in [-0.39, 0.29) is 12.1 Å². The minimum absolute atomic E-state index is 0.0463. The number of ether oxygens (including phenoxy) is 1. The van der Waals surface area contributed by atoms with Gasteiger partial charge in [0, 0.05) is 6.42 Å². The number of carbonyl (C=O) groups excluding carboxylic acids is 1. The molecule has 4 rings (SSSR count). The van der Waals surface area contributed by atoms with Crippen molar-refractivity contribution in [3.8, 4) is 0 Å². The molecule has 0 radical (unpaired) electrons. The summed E-state index contributed by atoms with van der Waals surface area (Å²) in [7, 11) is 1.50. The van der Waals surface area contributed by atoms with Crippen molar-refractivity contribution in [3.05, 3.63) is 0 Å². The molecule has 1 N–H and O–H groups in total. The fourth-order valence-electron chi connectivity index (χ4n) is 8.86. The maximum atomic E-state index is 11.6. The van der Waals surface area contributed by atoms with E-state index in [0.717, 1.165) is 48.9 Å². The quantitative estimate of drug-likeness (QED) is 0.636. The lowest BCUT2D eigenvalue weighted by molar-refractivity contribution is -0.141. The van der Waals surface area contributed by atoms with Crippen molar-refractivity contribution in [1.29, 1.82) is 0 Å². The van der Waals surface area contributed by atoms with Crippen LogP contribution < -0.4 is 0 Å². The molecule has 3 nitrogen and oxygen atoms in total. The SMILES string of the molecule is COC(=O)CC[C@@H](C)[C@H]1CC[C@H]2[C@@H]3CCC4C[C@@H](O)CC[C@]4(C)[C@H]3CC[C@]12C. The van der Waals surface area contributed by atoms with Gasteiger partial charge >= 0.3 is 5.97 Å². The zero-order valence-electron chi connectivity index (χ0n) is 18.6. The second-order valence-corrected chi connectivity index (χ2v) is 11.4. The first kappa shape index (κ1) is 20.7. The topological polar surface area (TPSA) is 46.5 Å². The summed E-state index contributed by atoms with van der Waals surface area (Å²) in [6.07, 6.45) is 13.1. The van der Waals surface area contributed by atoms with Crippen molar-refractivity contribution in [3.63, 3.8) is 0 Å². The molecule has 4 aliphatic carbocycles. The molecule has 0 spiro atoms. The third-order valence-corrected chi connectivity index (χ3v) is 10.4. The van der Waals surface area contributed by atoms with Gasteiger partial charge in [0.15, 0.2) is 0 Å². The van der Waals surface area contributed by atoms with Crippen molar-refractivity contribution >= 4 is 5.97 Å². The van der Waals surface area contributed by atoms with E-state index in [1.165, 1.54) is 52.1 Å². The van der Waals surface area contributed by atoms with Crippen LogP contribution in [0.3, 0.4) is 0 Å². The summed E-state index contributed by atoms with van der Waals surface area (Å²) in [5.41, 5.74) is 0.937. The largest absolute Gasteiger partial charge is 0.469 e. The summed E-state index contributed by atoms with van der Waals surface area (Å²) in [4.78, 5) is 11.6. The Balaban J connectivity index is 1.48. The number of methoxy groups -OCH3 is 1. The van der Waals surface area contributed by atoms with Gasteiger partial charge in [-0.1, -0.05) is 20.8 Å². The van der Waals surface area contributed by atoms with Gasteiger partial charge in [0.2, 0.25) is 0 Å². The molecule has 0 aliphatic heterocycles. The van der Waals surface area contributed by atoms with Crippen LogP contribution in [0.15, 0.2) is 0 Å². The lowest BCUT2D eigenvalue weighted by Gasteiger charge is -2.61. The summed E-state index contributed by atoms with van der Waals surface area (Å²) < 4.78 is 4.88. The average molecular weight is 391 g/mol. The maximum Gasteiger partial charge on any atom is 0.305 e. The van der Waals surface area contributed by atoms with Crippen LogP contribution in [0, 0.1) is 46.3 Å². The fraction of sp³-hybridized carbons (Fsp3) is 0.960. The highest BCUT2D eigenvalue weighted by Crippen LogP contribution is 2.68. The molecule has 4 aliphatic rings. The van der Waals surface area contributed by atoms with Gasteiger partial charge in [-0.15, -0.1) is 0 Å². The van der Waals surface area contributed by atoms with Crippen LogP contribution in [0.5, 0.6) is 0 Å². The van der Waals surface area contributed by atoms with Gasteiger partial charge in [-0.3, -0.25) is 4.79 Å². The number of carbonyl (C=O) groups is 1. The Hall–Kier alpha value is -0.570. The first-order chi connectivity index (χ1) is 13.3. The lowest BCUT2D eigenvalue weighted by atomic mass is 9.44. The van der Waals surface area contributed by atoms with Crippen molar-refractivity contribution < 1.29 is 14.6 Å². The molecule has 9 atom stereocenters. The van der Waals surface area contributed by atoms with E-state index < -0.39 is 0 Å². The van der Waals surface area contributed by atoms with Gasteiger partial charge in [-0.25, -0.2) is 0 Å². The van der Waals surface area contributed by atoms with E-state index in [1.807, 2.05) is 0 Å². The molecule has 0 aromatic heterocycles. The summed E-state index contributed by atoms with van der Waals surface area (Å²) in [6.45, 7) is 7.56. The first-order valence-electron chi connectivity index (χ1n) is 12.0. The second kappa shape index (κ2) is 7.60. The minimum atomic E-state index is -0.0546. The van der Waals surface area contributed by atoms with Crippen molar-refractivity contribution in [2.75, 3.05) is 7.11 Å². The van der Waals surface area contributed by atoms with Crippen molar-refractivity contribution in [2.45, 2.75) is 97.5 Å². The van der Waals surface area contributed by atoms with Crippen LogP contribution in [0.2, 0.25) is 0 Å². The number of aliphatic hydroxyl groups excluding tert-OH is 1. The van der Waals surface area contributed by atoms with Crippen molar-refractivity contribution in [2.24, 2.45) is 46.3 Å². The van der Waals surface area contributed by atoms with Crippen LogP contribution in [-0.4, -0.2) is 24.3 Å². The molecule has 28 heavy (non-hydrogen) atoms. The molecule has 1 unspecified atom stereocenters. The zero-order chi connectivity index (χ0) is 20.1. The number of aliphatic hydroxyl groups is 1. The summed E-state index contributed by atoms with van der Waals surface area (Å²) in [6, 6.07) is 0. The summed E-state index contributed by atoms with van der Waals surface area (Å²) >= 11 is 0. The maximum absolute atomic E-state index is 11.6. The highest BCUT2D eigenvalue weighted by atomic mass is 16.5. The molecule has 0 saturated heterocycles. The third kappa shape index (κ3) is 3.24. The molecular weight excluding hydrogens is 348 g/mol. The smallest absolute Gasteiger partial charge is 0.305 e. The van der Waals surface area contributed by atoms with E-state index >= 15 is 0 Å². The van der Waals surface area contributed by atoms with E-state index in [4.69, 9.17) is 4.74 Å². The van der Waals surface area contributed by atoms with Gasteiger partial charge in [-0.2, -0.15) is 0 Å². The van der Waals surface area contributed by atoms with E-state index in [2.05, 4.69) is 20.8 Å². The minimum Gasteiger partial charge on any atom is -0.469 e. The molecule has 0 amide bonds. The van der Waals surface area contributed by atoms with Gasteiger partial charge in [-0.05, 0) is 111 Å². The van der Waals surface area contributed by atoms with Gasteiger partial charge in [0.05, 0.1) is 13.2 Å². The number of rotatable bonds is 4. The van der Waals surface area contributed by atoms with E-state index in [9.17, 15) is 9.90 Å². The van der Waals surface area contributed by atoms with E-state index in [0.29, 0.717) is 23.2 Å². The Morgan fingerprint density at radius 2 is 1.75 bits per heavy atom. The molecule has 0 aromatic carbocycles.